The lowest BCUT2D eigenvalue weighted by Crippen LogP contribution is -2.41. The van der Waals surface area contributed by atoms with Gasteiger partial charge in [-0.05, 0) is 30.5 Å². The molecular weight excluding hydrogens is 311 g/mol. The van der Waals surface area contributed by atoms with Crippen LogP contribution in [0.25, 0.3) is 0 Å². The Balaban J connectivity index is 2.61. The number of terminal acetylenes is 1. The van der Waals surface area contributed by atoms with Crippen molar-refractivity contribution in [1.29, 1.82) is 0 Å². The van der Waals surface area contributed by atoms with Gasteiger partial charge >= 0.3 is 12.1 Å². The predicted octanol–water partition coefficient (Wildman–Crippen LogP) is 2.62. The van der Waals surface area contributed by atoms with Crippen molar-refractivity contribution in [3.05, 3.63) is 35.4 Å². The minimum Gasteiger partial charge on any atom is -0.480 e. The number of unbranched alkanes of at least 4 members (excludes halogenated alkanes) is 1. The molecular formula is C16H16F3NO3. The number of aliphatic carboxylic acids is 1. The summed E-state index contributed by atoms with van der Waals surface area (Å²) in [4.78, 5) is 22.9. The molecule has 0 aromatic heterocycles. The number of benzene rings is 1. The maximum absolute atomic E-state index is 12.4. The van der Waals surface area contributed by atoms with E-state index in [1.54, 1.807) is 0 Å². The van der Waals surface area contributed by atoms with Crippen LogP contribution in [0, 0.1) is 12.3 Å². The topological polar surface area (TPSA) is 66.4 Å². The number of hydrogen-bond acceptors (Lipinski definition) is 2. The van der Waals surface area contributed by atoms with Crippen molar-refractivity contribution in [2.45, 2.75) is 37.9 Å². The number of carbonyl (C=O) groups excluding carboxylic acids is 1. The summed E-state index contributed by atoms with van der Waals surface area (Å²) >= 11 is 0. The Kier molecular flexibility index (Phi) is 6.64. The van der Waals surface area contributed by atoms with Gasteiger partial charge in [0, 0.05) is 6.42 Å². The van der Waals surface area contributed by atoms with E-state index in [0.29, 0.717) is 18.4 Å². The molecule has 1 rings (SSSR count). The number of amides is 1. The van der Waals surface area contributed by atoms with Crippen LogP contribution in [0.3, 0.4) is 0 Å². The largest absolute Gasteiger partial charge is 0.480 e. The van der Waals surface area contributed by atoms with Crippen molar-refractivity contribution in [1.82, 2.24) is 5.32 Å². The molecule has 0 bridgehead atoms. The Morgan fingerprint density at radius 3 is 2.35 bits per heavy atom. The molecule has 0 spiro atoms. The highest BCUT2D eigenvalue weighted by Crippen LogP contribution is 2.29. The summed E-state index contributed by atoms with van der Waals surface area (Å²) in [5.41, 5.74) is -0.442. The molecule has 0 fully saturated rings. The van der Waals surface area contributed by atoms with E-state index in [1.165, 1.54) is 12.1 Å². The van der Waals surface area contributed by atoms with Gasteiger partial charge in [-0.2, -0.15) is 13.2 Å². The van der Waals surface area contributed by atoms with Gasteiger partial charge in [0.25, 0.3) is 0 Å². The Morgan fingerprint density at radius 2 is 1.87 bits per heavy atom. The van der Waals surface area contributed by atoms with Crippen molar-refractivity contribution < 1.29 is 27.9 Å². The van der Waals surface area contributed by atoms with Gasteiger partial charge in [-0.3, -0.25) is 4.79 Å². The molecule has 1 atom stereocenters. The number of nitrogens with one attached hydrogen (secondary N) is 1. The summed E-state index contributed by atoms with van der Waals surface area (Å²) in [6.07, 6.45) is 1.48. The first-order valence-electron chi connectivity index (χ1n) is 6.86. The number of hydrogen-bond donors (Lipinski definition) is 2. The summed E-state index contributed by atoms with van der Waals surface area (Å²) in [5, 5.41) is 11.4. The van der Waals surface area contributed by atoms with Crippen LogP contribution >= 0.6 is 0 Å². The number of halogens is 3. The van der Waals surface area contributed by atoms with E-state index in [1.807, 2.05) is 0 Å². The summed E-state index contributed by atoms with van der Waals surface area (Å²) in [6, 6.07) is 3.08. The fourth-order valence-electron chi connectivity index (χ4n) is 1.91. The highest BCUT2D eigenvalue weighted by atomic mass is 19.4. The highest BCUT2D eigenvalue weighted by molar-refractivity contribution is 5.84. The van der Waals surface area contributed by atoms with Gasteiger partial charge in [-0.15, -0.1) is 12.3 Å². The fourth-order valence-corrected chi connectivity index (χ4v) is 1.91. The van der Waals surface area contributed by atoms with Gasteiger partial charge in [-0.25, -0.2) is 4.79 Å². The number of carboxylic acid groups (broad SMARTS) is 1. The first-order valence-corrected chi connectivity index (χ1v) is 6.86. The standard InChI is InChI=1S/C16H16F3NO3/c1-2-3-4-5-13(15(22)23)20-14(21)10-11-6-8-12(9-7-11)16(17,18)19/h1,6-9,13H,3-5,10H2,(H,20,21)(H,22,23)/t13-/m0/s1. The van der Waals surface area contributed by atoms with E-state index in [2.05, 4.69) is 11.2 Å². The quantitative estimate of drug-likeness (QED) is 0.598. The SMILES string of the molecule is C#CCCC[C@H](NC(=O)Cc1ccc(C(F)(F)F)cc1)C(=O)O. The molecule has 0 saturated carbocycles. The Morgan fingerprint density at radius 1 is 1.26 bits per heavy atom. The molecule has 0 heterocycles. The number of rotatable bonds is 7. The maximum Gasteiger partial charge on any atom is 0.416 e. The zero-order chi connectivity index (χ0) is 17.5. The molecule has 23 heavy (non-hydrogen) atoms. The Labute approximate surface area is 131 Å². The monoisotopic (exact) mass is 327 g/mol. The average Bonchev–Trinajstić information content (AvgIpc) is 2.45. The number of carboxylic acids is 1. The molecule has 0 saturated heterocycles. The molecule has 0 unspecified atom stereocenters. The van der Waals surface area contributed by atoms with Crippen molar-refractivity contribution in [2.24, 2.45) is 0 Å². The second-order valence-corrected chi connectivity index (χ2v) is 4.93. The van der Waals surface area contributed by atoms with E-state index >= 15 is 0 Å². The molecule has 2 N–H and O–H groups in total. The first-order chi connectivity index (χ1) is 10.7. The van der Waals surface area contributed by atoms with Crippen molar-refractivity contribution in [3.8, 4) is 12.3 Å². The van der Waals surface area contributed by atoms with E-state index < -0.39 is 29.7 Å². The van der Waals surface area contributed by atoms with Crippen LogP contribution in [0.1, 0.15) is 30.4 Å². The minimum absolute atomic E-state index is 0.193. The second-order valence-electron chi connectivity index (χ2n) is 4.93. The smallest absolute Gasteiger partial charge is 0.416 e. The molecule has 1 aromatic carbocycles. The minimum atomic E-state index is -4.44. The maximum atomic E-state index is 12.4. The lowest BCUT2D eigenvalue weighted by molar-refractivity contribution is -0.142. The molecule has 1 aromatic rings. The molecule has 1 amide bonds. The summed E-state index contributed by atoms with van der Waals surface area (Å²) < 4.78 is 37.3. The lowest BCUT2D eigenvalue weighted by Gasteiger charge is -2.14. The van der Waals surface area contributed by atoms with Crippen LogP contribution < -0.4 is 5.32 Å². The summed E-state index contributed by atoms with van der Waals surface area (Å²) in [6.45, 7) is 0. The third-order valence-corrected chi connectivity index (χ3v) is 3.09. The van der Waals surface area contributed by atoms with Crippen molar-refractivity contribution in [2.75, 3.05) is 0 Å². The van der Waals surface area contributed by atoms with Crippen LogP contribution in [-0.2, 0) is 22.2 Å². The first kappa shape index (κ1) is 18.6. The fraction of sp³-hybridized carbons (Fsp3) is 0.375. The lowest BCUT2D eigenvalue weighted by atomic mass is 10.1. The van der Waals surface area contributed by atoms with Crippen LogP contribution in [0.2, 0.25) is 0 Å². The van der Waals surface area contributed by atoms with E-state index in [4.69, 9.17) is 11.5 Å². The van der Waals surface area contributed by atoms with E-state index in [-0.39, 0.29) is 12.8 Å². The van der Waals surface area contributed by atoms with Gasteiger partial charge in [-0.1, -0.05) is 12.1 Å². The van der Waals surface area contributed by atoms with Crippen molar-refractivity contribution >= 4 is 11.9 Å². The molecule has 4 nitrogen and oxygen atoms in total. The zero-order valence-corrected chi connectivity index (χ0v) is 12.2. The normalized spacial score (nSPS) is 12.3. The molecule has 7 heteroatoms. The third kappa shape index (κ3) is 6.43. The number of carbonyl (C=O) groups is 2. The Bertz CT molecular complexity index is 588. The predicted molar refractivity (Wildman–Crippen MR) is 77.4 cm³/mol. The highest BCUT2D eigenvalue weighted by Gasteiger charge is 2.30. The summed E-state index contributed by atoms with van der Waals surface area (Å²) in [5.74, 6) is 0.626. The van der Waals surface area contributed by atoms with Crippen LogP contribution in [0.4, 0.5) is 13.2 Å². The molecule has 124 valence electrons. The summed E-state index contributed by atoms with van der Waals surface area (Å²) in [7, 11) is 0. The second kappa shape index (κ2) is 8.22. The Hall–Kier alpha value is -2.49. The van der Waals surface area contributed by atoms with E-state index in [0.717, 1.165) is 12.1 Å². The van der Waals surface area contributed by atoms with Gasteiger partial charge in [0.1, 0.15) is 6.04 Å². The average molecular weight is 327 g/mol. The van der Waals surface area contributed by atoms with Crippen LogP contribution in [0.15, 0.2) is 24.3 Å². The van der Waals surface area contributed by atoms with Gasteiger partial charge in [0.2, 0.25) is 5.91 Å². The van der Waals surface area contributed by atoms with Crippen LogP contribution in [0.5, 0.6) is 0 Å². The molecule has 0 aliphatic rings. The molecule has 0 aliphatic heterocycles. The molecule has 0 radical (unpaired) electrons. The van der Waals surface area contributed by atoms with Crippen LogP contribution in [-0.4, -0.2) is 23.0 Å². The van der Waals surface area contributed by atoms with Gasteiger partial charge < -0.3 is 10.4 Å². The van der Waals surface area contributed by atoms with Gasteiger partial charge in [0.05, 0.1) is 12.0 Å². The van der Waals surface area contributed by atoms with E-state index in [9.17, 15) is 22.8 Å². The zero-order valence-electron chi connectivity index (χ0n) is 12.2. The molecule has 0 aliphatic carbocycles. The van der Waals surface area contributed by atoms with Crippen molar-refractivity contribution in [3.63, 3.8) is 0 Å². The third-order valence-electron chi connectivity index (χ3n) is 3.09. The number of alkyl halides is 3. The van der Waals surface area contributed by atoms with Gasteiger partial charge in [0.15, 0.2) is 0 Å².